The maximum atomic E-state index is 13.2. The Labute approximate surface area is 231 Å². The van der Waals surface area contributed by atoms with Crippen molar-refractivity contribution in [2.45, 2.75) is 76.2 Å². The molecular weight excluding hydrogens is 553 g/mol. The number of ether oxygens (including phenoxy) is 5. The van der Waals surface area contributed by atoms with Gasteiger partial charge in [0.2, 0.25) is 0 Å². The number of hydrogen-bond donors (Lipinski definition) is 1. The smallest absolute Gasteiger partial charge is 0.0548 e. The van der Waals surface area contributed by atoms with Crippen LogP contribution >= 0.6 is 0 Å². The molecule has 0 saturated carbocycles. The number of hydrogen-bond acceptors (Lipinski definition) is 7. The fraction of sp³-hybridized carbons (Fsp3) is 0.586. The molecule has 0 aliphatic carbocycles. The molecule has 2 saturated heterocycles. The number of nitrogens with one attached hydrogen (secondary N) is 1. The van der Waals surface area contributed by atoms with Crippen molar-refractivity contribution in [1.82, 2.24) is 5.32 Å². The molecule has 1 aromatic rings. The molecule has 3 aliphatic rings. The van der Waals surface area contributed by atoms with E-state index in [1.807, 2.05) is 31.2 Å². The summed E-state index contributed by atoms with van der Waals surface area (Å²) in [4.78, 5) is 26.4. The van der Waals surface area contributed by atoms with Gasteiger partial charge in [-0.1, -0.05) is 19.9 Å². The van der Waals surface area contributed by atoms with Gasteiger partial charge in [0.25, 0.3) is 0 Å². The van der Waals surface area contributed by atoms with Crippen LogP contribution in [0.4, 0.5) is 0 Å². The molecule has 0 bridgehead atoms. The molecule has 38 heavy (non-hydrogen) atoms. The van der Waals surface area contributed by atoms with Gasteiger partial charge in [-0.05, 0) is 0 Å². The van der Waals surface area contributed by atoms with Crippen molar-refractivity contribution < 1.29 is 33.3 Å². The Morgan fingerprint density at radius 2 is 1.92 bits per heavy atom. The fourth-order valence-corrected chi connectivity index (χ4v) is 7.77. The van der Waals surface area contributed by atoms with Gasteiger partial charge in [-0.25, -0.2) is 0 Å². The summed E-state index contributed by atoms with van der Waals surface area (Å²) in [6.07, 6.45) is 1.51. The topological polar surface area (TPSA) is 92.3 Å². The molecule has 9 heteroatoms. The van der Waals surface area contributed by atoms with Gasteiger partial charge in [0.15, 0.2) is 0 Å². The molecule has 3 aliphatic heterocycles. The van der Waals surface area contributed by atoms with Crippen molar-refractivity contribution in [2.75, 3.05) is 13.9 Å². The second-order valence-corrected chi connectivity index (χ2v) is 13.0. The summed E-state index contributed by atoms with van der Waals surface area (Å²) < 4.78 is 31.0. The predicted molar refractivity (Wildman–Crippen MR) is 144 cm³/mol. The Balaban J connectivity index is 1.46. The number of rotatable bonds is 9. The Kier molecular flexibility index (Phi) is 9.50. The third-order valence-corrected chi connectivity index (χ3v) is 10.4. The monoisotopic (exact) mass is 593 g/mol. The minimum atomic E-state index is -0.871. The molecule has 0 spiro atoms. The molecular formula is C29H39NO7Se. The number of amides is 1. The minimum Gasteiger partial charge on any atom is -0.0548 e. The number of carbonyl (C=O) groups is 2. The second kappa shape index (κ2) is 12.5. The van der Waals surface area contributed by atoms with Gasteiger partial charge < -0.3 is 0 Å². The van der Waals surface area contributed by atoms with Gasteiger partial charge in [0.05, 0.1) is 0 Å². The number of allylic oxidation sites excluding steroid dienone is 1. The van der Waals surface area contributed by atoms with Crippen molar-refractivity contribution in [3.05, 3.63) is 54.8 Å². The van der Waals surface area contributed by atoms with Crippen molar-refractivity contribution in [3.8, 4) is 0 Å². The van der Waals surface area contributed by atoms with Crippen molar-refractivity contribution in [1.29, 1.82) is 0 Å². The molecule has 8 nitrogen and oxygen atoms in total. The van der Waals surface area contributed by atoms with E-state index in [0.717, 1.165) is 5.32 Å². The molecule has 8 atom stereocenters. The number of fused-ring (bicyclic) bond motifs is 1. The number of benzene rings is 1. The van der Waals surface area contributed by atoms with Gasteiger partial charge in [-0.15, -0.1) is 6.58 Å². The van der Waals surface area contributed by atoms with Crippen LogP contribution in [0.25, 0.3) is 0 Å². The van der Waals surface area contributed by atoms with E-state index in [9.17, 15) is 9.59 Å². The summed E-state index contributed by atoms with van der Waals surface area (Å²) in [7, 11) is 1.64. The SMILES string of the molecule is C=CC[C@H]1O[C@H]2[C@H](OCO[C@@H]2NC(=O)C(=O)C2=CC(C[Se]c3ccccc3)[C@@H](C)[C@@H](C)O2)[C@@H](OC)C1(C)C. The van der Waals surface area contributed by atoms with Crippen LogP contribution in [0.1, 0.15) is 34.1 Å². The number of methoxy groups -OCH3 is 1. The first-order valence-electron chi connectivity index (χ1n) is 13.1. The van der Waals surface area contributed by atoms with Crippen molar-refractivity contribution >= 4 is 31.1 Å². The average Bonchev–Trinajstić information content (AvgIpc) is 2.90. The molecule has 1 unspecified atom stereocenters. The Morgan fingerprint density at radius 1 is 1.18 bits per heavy atom. The zero-order chi connectivity index (χ0) is 27.4. The number of Topliss-reactive ketones (excluding diaryl/α,β-unsaturated/α-hetero) is 1. The zero-order valence-electron chi connectivity index (χ0n) is 22.8. The van der Waals surface area contributed by atoms with Crippen molar-refractivity contribution in [3.63, 3.8) is 0 Å². The zero-order valence-corrected chi connectivity index (χ0v) is 24.5. The summed E-state index contributed by atoms with van der Waals surface area (Å²) >= 11 is 0.251. The Bertz CT molecular complexity index is 1030. The fourth-order valence-electron chi connectivity index (χ4n) is 5.39. The summed E-state index contributed by atoms with van der Waals surface area (Å²) in [6, 6.07) is 10.3. The molecule has 0 radical (unpaired) electrons. The maximum absolute atomic E-state index is 13.2. The van der Waals surface area contributed by atoms with E-state index in [1.54, 1.807) is 13.2 Å². The van der Waals surface area contributed by atoms with Gasteiger partial charge in [0, 0.05) is 7.11 Å². The van der Waals surface area contributed by atoms with Gasteiger partial charge in [0.1, 0.15) is 0 Å². The Hall–Kier alpha value is -2.00. The molecule has 2 fully saturated rings. The first kappa shape index (κ1) is 29.0. The van der Waals surface area contributed by atoms with Gasteiger partial charge in [-0.3, -0.25) is 0 Å². The third-order valence-electron chi connectivity index (χ3n) is 7.93. The summed E-state index contributed by atoms with van der Waals surface area (Å²) in [5.41, 5.74) is -0.365. The van der Waals surface area contributed by atoms with Crippen LogP contribution in [0.3, 0.4) is 0 Å². The Morgan fingerprint density at radius 3 is 2.61 bits per heavy atom. The van der Waals surface area contributed by atoms with Crippen molar-refractivity contribution in [2.24, 2.45) is 17.3 Å². The standard InChI is InChI=1S/C29H39NO7Se/c1-7-11-22-29(4,5)26(33-6)24-25(37-22)28(35-16-34-24)30-27(32)23(31)21-14-19(17(2)18(3)36-21)15-38-20-12-9-8-10-13-20/h7-10,12-14,17-19,22,24-26,28H,1,11,15-16H2,2-6H3,(H,30,32)/t17-,18+,19?,22+,24-,25-,26+,28-/m0/s1. The second-order valence-electron chi connectivity index (χ2n) is 10.7. The molecule has 0 aromatic heterocycles. The van der Waals surface area contributed by atoms with Gasteiger partial charge >= 0.3 is 198 Å². The van der Waals surface area contributed by atoms with E-state index < -0.39 is 30.1 Å². The molecule has 4 rings (SSSR count). The molecule has 208 valence electrons. The first-order chi connectivity index (χ1) is 18.2. The van der Waals surface area contributed by atoms with Crippen LogP contribution in [-0.2, 0) is 33.3 Å². The predicted octanol–water partition coefficient (Wildman–Crippen LogP) is 2.76. The van der Waals surface area contributed by atoms with E-state index in [4.69, 9.17) is 23.7 Å². The quantitative estimate of drug-likeness (QED) is 0.268. The molecule has 1 N–H and O–H groups in total. The first-order valence-corrected chi connectivity index (χ1v) is 15.2. The van der Waals surface area contributed by atoms with Crippen LogP contribution in [0.5, 0.6) is 0 Å². The minimum absolute atomic E-state index is 0.0525. The molecule has 3 heterocycles. The van der Waals surface area contributed by atoms with Crippen LogP contribution in [0.15, 0.2) is 54.8 Å². The van der Waals surface area contributed by atoms with E-state index in [2.05, 4.69) is 44.8 Å². The van der Waals surface area contributed by atoms with Crippen LogP contribution in [0, 0.1) is 17.3 Å². The van der Waals surface area contributed by atoms with Crippen LogP contribution in [-0.4, -0.2) is 77.3 Å². The van der Waals surface area contributed by atoms with E-state index in [0.29, 0.717) is 6.42 Å². The normalized spacial score (nSPS) is 34.3. The van der Waals surface area contributed by atoms with Crippen LogP contribution in [0.2, 0.25) is 5.32 Å². The summed E-state index contributed by atoms with van der Waals surface area (Å²) in [6.45, 7) is 12.0. The number of ketones is 1. The summed E-state index contributed by atoms with van der Waals surface area (Å²) in [5, 5.41) is 3.65. The van der Waals surface area contributed by atoms with Crippen LogP contribution < -0.4 is 9.78 Å². The van der Waals surface area contributed by atoms with Gasteiger partial charge in [-0.2, -0.15) is 0 Å². The van der Waals surface area contributed by atoms with E-state index >= 15 is 0 Å². The summed E-state index contributed by atoms with van der Waals surface area (Å²) in [5.74, 6) is -1.05. The third kappa shape index (κ3) is 6.09. The average molecular weight is 593 g/mol. The molecule has 1 amide bonds. The number of carbonyl (C=O) groups excluding carboxylic acids is 2. The van der Waals surface area contributed by atoms with E-state index in [1.165, 1.54) is 4.46 Å². The van der Waals surface area contributed by atoms with E-state index in [-0.39, 0.29) is 63.1 Å². The molecule has 1 aromatic carbocycles.